The highest BCUT2D eigenvalue weighted by Gasteiger charge is 2.12. The molecule has 0 aliphatic carbocycles. The first kappa shape index (κ1) is 13.7. The molecule has 1 aromatic carbocycles. The SMILES string of the molecule is CCCc1ccc(NC(=O)C(N)COC)cc1. The van der Waals surface area contributed by atoms with Crippen molar-refractivity contribution in [2.24, 2.45) is 5.73 Å². The normalized spacial score (nSPS) is 12.2. The highest BCUT2D eigenvalue weighted by Crippen LogP contribution is 2.11. The maximum atomic E-state index is 11.6. The summed E-state index contributed by atoms with van der Waals surface area (Å²) in [6.45, 7) is 2.36. The number of anilines is 1. The zero-order valence-corrected chi connectivity index (χ0v) is 10.4. The molecule has 94 valence electrons. The molecule has 0 aliphatic heterocycles. The van der Waals surface area contributed by atoms with Gasteiger partial charge in [0.25, 0.3) is 0 Å². The Kier molecular flexibility index (Phi) is 5.66. The molecule has 1 rings (SSSR count). The minimum atomic E-state index is -0.629. The largest absolute Gasteiger partial charge is 0.383 e. The monoisotopic (exact) mass is 236 g/mol. The molecule has 0 heterocycles. The van der Waals surface area contributed by atoms with Gasteiger partial charge in [-0.15, -0.1) is 0 Å². The number of carbonyl (C=O) groups excluding carboxylic acids is 1. The Bertz CT molecular complexity index is 349. The lowest BCUT2D eigenvalue weighted by atomic mass is 10.1. The first-order valence-electron chi connectivity index (χ1n) is 5.81. The van der Waals surface area contributed by atoms with Gasteiger partial charge in [-0.25, -0.2) is 0 Å². The zero-order valence-electron chi connectivity index (χ0n) is 10.4. The van der Waals surface area contributed by atoms with E-state index in [1.54, 1.807) is 0 Å². The summed E-state index contributed by atoms with van der Waals surface area (Å²) in [7, 11) is 1.52. The van der Waals surface area contributed by atoms with Crippen molar-refractivity contribution < 1.29 is 9.53 Å². The summed E-state index contributed by atoms with van der Waals surface area (Å²) in [5.74, 6) is -0.227. The molecule has 1 aromatic rings. The smallest absolute Gasteiger partial charge is 0.243 e. The number of rotatable bonds is 6. The fourth-order valence-electron chi connectivity index (χ4n) is 1.53. The lowest BCUT2D eigenvalue weighted by molar-refractivity contribution is -0.118. The molecule has 3 N–H and O–H groups in total. The number of carbonyl (C=O) groups is 1. The summed E-state index contributed by atoms with van der Waals surface area (Å²) < 4.78 is 4.83. The van der Waals surface area contributed by atoms with Crippen molar-refractivity contribution in [3.8, 4) is 0 Å². The topological polar surface area (TPSA) is 64.4 Å². The van der Waals surface area contributed by atoms with Crippen LogP contribution < -0.4 is 11.1 Å². The number of hydrogen-bond acceptors (Lipinski definition) is 3. The van der Waals surface area contributed by atoms with Gasteiger partial charge in [-0.1, -0.05) is 25.5 Å². The standard InChI is InChI=1S/C13H20N2O2/c1-3-4-10-5-7-11(8-6-10)15-13(16)12(14)9-17-2/h5-8,12H,3-4,9,14H2,1-2H3,(H,15,16). The summed E-state index contributed by atoms with van der Waals surface area (Å²) in [5.41, 5.74) is 7.65. The van der Waals surface area contributed by atoms with Gasteiger partial charge >= 0.3 is 0 Å². The first-order chi connectivity index (χ1) is 8.17. The minimum absolute atomic E-state index is 0.222. The van der Waals surface area contributed by atoms with Crippen LogP contribution in [0.25, 0.3) is 0 Å². The molecule has 0 radical (unpaired) electrons. The summed E-state index contributed by atoms with van der Waals surface area (Å²) in [4.78, 5) is 11.6. The molecule has 17 heavy (non-hydrogen) atoms. The van der Waals surface area contributed by atoms with Crippen LogP contribution in [0.4, 0.5) is 5.69 Å². The van der Waals surface area contributed by atoms with Gasteiger partial charge in [-0.2, -0.15) is 0 Å². The summed E-state index contributed by atoms with van der Waals surface area (Å²) >= 11 is 0. The predicted octanol–water partition coefficient (Wildman–Crippen LogP) is 1.55. The van der Waals surface area contributed by atoms with E-state index in [1.807, 2.05) is 24.3 Å². The highest BCUT2D eigenvalue weighted by atomic mass is 16.5. The maximum Gasteiger partial charge on any atom is 0.243 e. The van der Waals surface area contributed by atoms with Crippen molar-refractivity contribution in [2.45, 2.75) is 25.8 Å². The van der Waals surface area contributed by atoms with Crippen LogP contribution >= 0.6 is 0 Å². The summed E-state index contributed by atoms with van der Waals surface area (Å²) in [6, 6.07) is 7.18. The molecule has 0 aliphatic rings. The van der Waals surface area contributed by atoms with E-state index in [4.69, 9.17) is 10.5 Å². The number of nitrogens with one attached hydrogen (secondary N) is 1. The van der Waals surface area contributed by atoms with Crippen LogP contribution in [0.1, 0.15) is 18.9 Å². The van der Waals surface area contributed by atoms with Gasteiger partial charge in [-0.05, 0) is 24.1 Å². The fraction of sp³-hybridized carbons (Fsp3) is 0.462. The Balaban J connectivity index is 2.53. The number of benzene rings is 1. The van der Waals surface area contributed by atoms with Crippen molar-refractivity contribution in [3.63, 3.8) is 0 Å². The summed E-state index contributed by atoms with van der Waals surface area (Å²) in [6.07, 6.45) is 2.17. The van der Waals surface area contributed by atoms with E-state index in [0.29, 0.717) is 0 Å². The third-order valence-electron chi connectivity index (χ3n) is 2.44. The van der Waals surface area contributed by atoms with Gasteiger partial charge in [0.05, 0.1) is 6.61 Å². The number of aryl methyl sites for hydroxylation is 1. The summed E-state index contributed by atoms with van der Waals surface area (Å²) in [5, 5.41) is 2.75. The molecule has 0 saturated heterocycles. The number of nitrogens with two attached hydrogens (primary N) is 1. The molecule has 1 amide bonds. The van der Waals surface area contributed by atoms with Crippen LogP contribution in [-0.4, -0.2) is 25.7 Å². The van der Waals surface area contributed by atoms with E-state index in [-0.39, 0.29) is 12.5 Å². The number of hydrogen-bond donors (Lipinski definition) is 2. The van der Waals surface area contributed by atoms with Gasteiger partial charge in [0, 0.05) is 12.8 Å². The number of ether oxygens (including phenoxy) is 1. The molecule has 0 fully saturated rings. The second-order valence-corrected chi connectivity index (χ2v) is 4.00. The maximum absolute atomic E-state index is 11.6. The minimum Gasteiger partial charge on any atom is -0.383 e. The molecule has 4 heteroatoms. The third-order valence-corrected chi connectivity index (χ3v) is 2.44. The van der Waals surface area contributed by atoms with E-state index >= 15 is 0 Å². The van der Waals surface area contributed by atoms with Gasteiger partial charge < -0.3 is 15.8 Å². The molecule has 4 nitrogen and oxygen atoms in total. The van der Waals surface area contributed by atoms with Crippen LogP contribution in [0.15, 0.2) is 24.3 Å². The second-order valence-electron chi connectivity index (χ2n) is 4.00. The van der Waals surface area contributed by atoms with Gasteiger partial charge in [0.15, 0.2) is 0 Å². The van der Waals surface area contributed by atoms with Gasteiger partial charge in [-0.3, -0.25) is 4.79 Å². The predicted molar refractivity (Wildman–Crippen MR) is 68.9 cm³/mol. The van der Waals surface area contributed by atoms with Crippen LogP contribution in [0.5, 0.6) is 0 Å². The van der Waals surface area contributed by atoms with Crippen molar-refractivity contribution in [1.82, 2.24) is 0 Å². The van der Waals surface area contributed by atoms with Crippen LogP contribution in [-0.2, 0) is 16.0 Å². The molecule has 1 atom stereocenters. The van der Waals surface area contributed by atoms with Crippen molar-refractivity contribution in [2.75, 3.05) is 19.0 Å². The van der Waals surface area contributed by atoms with E-state index < -0.39 is 6.04 Å². The lowest BCUT2D eigenvalue weighted by Crippen LogP contribution is -2.39. The van der Waals surface area contributed by atoms with E-state index in [9.17, 15) is 4.79 Å². The molecule has 1 unspecified atom stereocenters. The molecule has 0 spiro atoms. The molecular formula is C13H20N2O2. The van der Waals surface area contributed by atoms with E-state index in [2.05, 4.69) is 12.2 Å². The Labute approximate surface area is 102 Å². The third kappa shape index (κ3) is 4.54. The Morgan fingerprint density at radius 2 is 2.06 bits per heavy atom. The quantitative estimate of drug-likeness (QED) is 0.787. The first-order valence-corrected chi connectivity index (χ1v) is 5.81. The van der Waals surface area contributed by atoms with E-state index in [0.717, 1.165) is 18.5 Å². The average Bonchev–Trinajstić information content (AvgIpc) is 2.32. The van der Waals surface area contributed by atoms with Crippen molar-refractivity contribution >= 4 is 11.6 Å². The van der Waals surface area contributed by atoms with Crippen LogP contribution in [0.2, 0.25) is 0 Å². The Morgan fingerprint density at radius 3 is 2.59 bits per heavy atom. The zero-order chi connectivity index (χ0) is 12.7. The Hall–Kier alpha value is -1.39. The van der Waals surface area contributed by atoms with Gasteiger partial charge in [0.2, 0.25) is 5.91 Å². The van der Waals surface area contributed by atoms with Crippen LogP contribution in [0, 0.1) is 0 Å². The van der Waals surface area contributed by atoms with Gasteiger partial charge in [0.1, 0.15) is 6.04 Å². The second kappa shape index (κ2) is 7.04. The number of amides is 1. The highest BCUT2D eigenvalue weighted by molar-refractivity contribution is 5.94. The fourth-order valence-corrected chi connectivity index (χ4v) is 1.53. The molecule has 0 bridgehead atoms. The number of methoxy groups -OCH3 is 1. The van der Waals surface area contributed by atoms with Crippen molar-refractivity contribution in [3.05, 3.63) is 29.8 Å². The lowest BCUT2D eigenvalue weighted by Gasteiger charge is -2.11. The Morgan fingerprint density at radius 1 is 1.41 bits per heavy atom. The van der Waals surface area contributed by atoms with Crippen LogP contribution in [0.3, 0.4) is 0 Å². The van der Waals surface area contributed by atoms with E-state index in [1.165, 1.54) is 12.7 Å². The molecule has 0 saturated carbocycles. The average molecular weight is 236 g/mol. The van der Waals surface area contributed by atoms with Crippen molar-refractivity contribution in [1.29, 1.82) is 0 Å². The molecular weight excluding hydrogens is 216 g/mol. The molecule has 0 aromatic heterocycles.